The molecule has 0 radical (unpaired) electrons. The van der Waals surface area contributed by atoms with E-state index in [1.54, 1.807) is 0 Å². The van der Waals surface area contributed by atoms with Gasteiger partial charge in [0.15, 0.2) is 0 Å². The molecule has 1 aromatic carbocycles. The Hall–Kier alpha value is -1.05. The predicted octanol–water partition coefficient (Wildman–Crippen LogP) is 3.28. The largest absolute Gasteiger partial charge is 0.393 e. The molecular weight excluding hydrogens is 292 g/mol. The zero-order chi connectivity index (χ0) is 13.0. The minimum absolute atomic E-state index is 0.150. The molecule has 0 heterocycles. The van der Waals surface area contributed by atoms with Gasteiger partial charge in [0, 0.05) is 11.0 Å². The number of rotatable bonds is 3. The van der Waals surface area contributed by atoms with Crippen molar-refractivity contribution in [2.24, 2.45) is 5.92 Å². The van der Waals surface area contributed by atoms with Crippen molar-refractivity contribution in [3.8, 4) is 6.07 Å². The Bertz CT molecular complexity index is 456. The lowest BCUT2D eigenvalue weighted by Gasteiger charge is -2.26. The highest BCUT2D eigenvalue weighted by atomic mass is 79.9. The number of halogens is 1. The quantitative estimate of drug-likeness (QED) is 0.901. The number of hydrogen-bond acceptors (Lipinski definition) is 3. The van der Waals surface area contributed by atoms with Crippen molar-refractivity contribution in [2.75, 3.05) is 11.9 Å². The summed E-state index contributed by atoms with van der Waals surface area (Å²) in [5.41, 5.74) is 1.53. The molecule has 4 heteroatoms. The van der Waals surface area contributed by atoms with Crippen LogP contribution < -0.4 is 5.32 Å². The van der Waals surface area contributed by atoms with Gasteiger partial charge in [-0.2, -0.15) is 5.26 Å². The van der Waals surface area contributed by atoms with Crippen molar-refractivity contribution < 1.29 is 5.11 Å². The normalized spacial score (nSPS) is 23.4. The number of anilines is 1. The predicted molar refractivity (Wildman–Crippen MR) is 75.3 cm³/mol. The molecule has 0 spiro atoms. The number of aliphatic hydroxyl groups is 1. The molecule has 18 heavy (non-hydrogen) atoms. The average Bonchev–Trinajstić information content (AvgIpc) is 2.37. The summed E-state index contributed by atoms with van der Waals surface area (Å²) in [5, 5.41) is 22.0. The monoisotopic (exact) mass is 308 g/mol. The summed E-state index contributed by atoms with van der Waals surface area (Å²) in [7, 11) is 0. The Balaban J connectivity index is 1.97. The molecule has 0 aliphatic heterocycles. The fourth-order valence-electron chi connectivity index (χ4n) is 2.46. The third kappa shape index (κ3) is 3.47. The molecule has 1 fully saturated rings. The van der Waals surface area contributed by atoms with Crippen molar-refractivity contribution in [2.45, 2.75) is 31.8 Å². The first kappa shape index (κ1) is 13.4. The summed E-state index contributed by atoms with van der Waals surface area (Å²) in [6.07, 6.45) is 3.89. The molecule has 0 saturated heterocycles. The fourth-order valence-corrected chi connectivity index (χ4v) is 2.82. The summed E-state index contributed by atoms with van der Waals surface area (Å²) < 4.78 is 0.965. The summed E-state index contributed by atoms with van der Waals surface area (Å²) >= 11 is 3.41. The van der Waals surface area contributed by atoms with Crippen molar-refractivity contribution in [1.82, 2.24) is 0 Å². The Labute approximate surface area is 116 Å². The van der Waals surface area contributed by atoms with Crippen LogP contribution in [0.15, 0.2) is 22.7 Å². The van der Waals surface area contributed by atoms with Gasteiger partial charge in [-0.15, -0.1) is 0 Å². The van der Waals surface area contributed by atoms with E-state index in [1.165, 1.54) is 0 Å². The second kappa shape index (κ2) is 6.21. The van der Waals surface area contributed by atoms with Gasteiger partial charge >= 0.3 is 0 Å². The number of nitrogens with zero attached hydrogens (tertiary/aromatic N) is 1. The molecule has 0 aromatic heterocycles. The number of nitrogens with one attached hydrogen (secondary N) is 1. The van der Waals surface area contributed by atoms with Crippen molar-refractivity contribution in [1.29, 1.82) is 5.26 Å². The van der Waals surface area contributed by atoms with Crippen molar-refractivity contribution >= 4 is 21.6 Å². The topological polar surface area (TPSA) is 56.0 Å². The van der Waals surface area contributed by atoms with Crippen LogP contribution in [0.25, 0.3) is 0 Å². The average molecular weight is 309 g/mol. The summed E-state index contributed by atoms with van der Waals surface area (Å²) in [4.78, 5) is 0. The van der Waals surface area contributed by atoms with Gasteiger partial charge in [-0.3, -0.25) is 0 Å². The van der Waals surface area contributed by atoms with E-state index >= 15 is 0 Å². The third-order valence-electron chi connectivity index (χ3n) is 3.44. The molecule has 1 saturated carbocycles. The van der Waals surface area contributed by atoms with Crippen molar-refractivity contribution in [3.05, 3.63) is 28.2 Å². The van der Waals surface area contributed by atoms with Crippen LogP contribution in [0.3, 0.4) is 0 Å². The van der Waals surface area contributed by atoms with E-state index in [4.69, 9.17) is 5.26 Å². The summed E-state index contributed by atoms with van der Waals surface area (Å²) in [6.45, 7) is 0.822. The molecule has 2 rings (SSSR count). The van der Waals surface area contributed by atoms with Gasteiger partial charge < -0.3 is 10.4 Å². The maximum absolute atomic E-state index is 9.63. The zero-order valence-corrected chi connectivity index (χ0v) is 11.8. The number of aliphatic hydroxyl groups excluding tert-OH is 1. The van der Waals surface area contributed by atoms with E-state index < -0.39 is 0 Å². The molecule has 1 aromatic rings. The van der Waals surface area contributed by atoms with Crippen LogP contribution >= 0.6 is 15.9 Å². The standard InChI is InChI=1S/C14H17BrN2O/c15-12-5-4-11(8-16)14(7-12)17-9-10-2-1-3-13(18)6-10/h4-5,7,10,13,17-18H,1-3,6,9H2. The van der Waals surface area contributed by atoms with Crippen LogP contribution in [0.1, 0.15) is 31.2 Å². The smallest absolute Gasteiger partial charge is 0.101 e. The van der Waals surface area contributed by atoms with E-state index in [0.29, 0.717) is 11.5 Å². The van der Waals surface area contributed by atoms with Gasteiger partial charge in [0.05, 0.1) is 17.4 Å². The lowest BCUT2D eigenvalue weighted by molar-refractivity contribution is 0.105. The lowest BCUT2D eigenvalue weighted by Crippen LogP contribution is -2.25. The highest BCUT2D eigenvalue weighted by molar-refractivity contribution is 9.10. The number of benzene rings is 1. The maximum Gasteiger partial charge on any atom is 0.101 e. The van der Waals surface area contributed by atoms with Crippen LogP contribution in [-0.4, -0.2) is 17.8 Å². The lowest BCUT2D eigenvalue weighted by atomic mass is 9.87. The first-order valence-electron chi connectivity index (χ1n) is 6.30. The second-order valence-electron chi connectivity index (χ2n) is 4.87. The van der Waals surface area contributed by atoms with Gasteiger partial charge in [-0.05, 0) is 43.4 Å². The second-order valence-corrected chi connectivity index (χ2v) is 5.78. The Morgan fingerprint density at radius 3 is 3.00 bits per heavy atom. The third-order valence-corrected chi connectivity index (χ3v) is 3.93. The van der Waals surface area contributed by atoms with Gasteiger partial charge in [0.25, 0.3) is 0 Å². The first-order chi connectivity index (χ1) is 8.69. The SMILES string of the molecule is N#Cc1ccc(Br)cc1NCC1CCCC(O)C1. The molecule has 1 aliphatic rings. The van der Waals surface area contributed by atoms with E-state index in [-0.39, 0.29) is 6.10 Å². The van der Waals surface area contributed by atoms with Crippen LogP contribution in [0.2, 0.25) is 0 Å². The van der Waals surface area contributed by atoms with E-state index in [1.807, 2.05) is 18.2 Å². The Morgan fingerprint density at radius 2 is 2.28 bits per heavy atom. The van der Waals surface area contributed by atoms with Crippen LogP contribution in [0, 0.1) is 17.2 Å². The molecule has 1 aliphatic carbocycles. The highest BCUT2D eigenvalue weighted by Gasteiger charge is 2.20. The number of nitriles is 1. The highest BCUT2D eigenvalue weighted by Crippen LogP contribution is 2.26. The molecule has 2 unspecified atom stereocenters. The number of hydrogen-bond donors (Lipinski definition) is 2. The van der Waals surface area contributed by atoms with Gasteiger partial charge in [0.1, 0.15) is 6.07 Å². The molecule has 3 nitrogen and oxygen atoms in total. The first-order valence-corrected chi connectivity index (χ1v) is 7.10. The Morgan fingerprint density at radius 1 is 1.44 bits per heavy atom. The molecule has 0 bridgehead atoms. The molecule has 2 atom stereocenters. The van der Waals surface area contributed by atoms with Crippen molar-refractivity contribution in [3.63, 3.8) is 0 Å². The van der Waals surface area contributed by atoms with Gasteiger partial charge in [-0.25, -0.2) is 0 Å². The zero-order valence-electron chi connectivity index (χ0n) is 10.2. The van der Waals surface area contributed by atoms with E-state index in [9.17, 15) is 5.11 Å². The van der Waals surface area contributed by atoms with E-state index in [2.05, 4.69) is 27.3 Å². The molecular formula is C14H17BrN2O. The van der Waals surface area contributed by atoms with Gasteiger partial charge in [-0.1, -0.05) is 22.4 Å². The molecule has 2 N–H and O–H groups in total. The van der Waals surface area contributed by atoms with E-state index in [0.717, 1.165) is 42.4 Å². The Kier molecular flexibility index (Phi) is 4.62. The molecule has 0 amide bonds. The maximum atomic E-state index is 9.63. The van der Waals surface area contributed by atoms with Gasteiger partial charge in [0.2, 0.25) is 0 Å². The summed E-state index contributed by atoms with van der Waals surface area (Å²) in [5.74, 6) is 0.499. The fraction of sp³-hybridized carbons (Fsp3) is 0.500. The van der Waals surface area contributed by atoms with Crippen LogP contribution in [0.5, 0.6) is 0 Å². The minimum atomic E-state index is -0.150. The minimum Gasteiger partial charge on any atom is -0.393 e. The van der Waals surface area contributed by atoms with Crippen LogP contribution in [0.4, 0.5) is 5.69 Å². The summed E-state index contributed by atoms with van der Waals surface area (Å²) in [6, 6.07) is 7.79. The van der Waals surface area contributed by atoms with Crippen LogP contribution in [-0.2, 0) is 0 Å². The molecule has 96 valence electrons.